The lowest BCUT2D eigenvalue weighted by Gasteiger charge is -2.33. The van der Waals surface area contributed by atoms with Gasteiger partial charge in [0.2, 0.25) is 0 Å². The highest BCUT2D eigenvalue weighted by Crippen LogP contribution is 2.40. The van der Waals surface area contributed by atoms with Gasteiger partial charge in [-0.05, 0) is 61.7 Å². The molecule has 0 amide bonds. The minimum Gasteiger partial charge on any atom is -0.299 e. The first-order valence-corrected chi connectivity index (χ1v) is 14.7. The fraction of sp³-hybridized carbons (Fsp3) is 0.967. The molecule has 3 aliphatic carbocycles. The van der Waals surface area contributed by atoms with Gasteiger partial charge in [-0.2, -0.15) is 0 Å². The minimum absolute atomic E-state index is 0.417. The standard InChI is InChI=1S/C30H54O/c1-3-5-7-30(31)29-22-20-28(21-23-29)19-18-27-16-14-26(15-17-27)13-12-25-10-8-24(6-4-2)9-11-25/h24-29H,3-23H2,1-2H3/t24-,25-,26-,27-,28-,29-. The molecule has 0 aliphatic heterocycles. The van der Waals surface area contributed by atoms with Crippen LogP contribution in [0.15, 0.2) is 0 Å². The van der Waals surface area contributed by atoms with Crippen LogP contribution in [0.5, 0.6) is 0 Å². The second-order valence-corrected chi connectivity index (χ2v) is 12.0. The Morgan fingerprint density at radius 1 is 0.516 bits per heavy atom. The van der Waals surface area contributed by atoms with E-state index in [2.05, 4.69) is 13.8 Å². The summed E-state index contributed by atoms with van der Waals surface area (Å²) in [5, 5.41) is 0. The number of carbonyl (C=O) groups is 1. The SMILES string of the molecule is CCCCC(=O)[C@H]1CC[C@H](CC[C@H]2CC[C@H](CC[C@H]3CC[C@H](CCC)CC3)CC2)CC1. The molecule has 0 radical (unpaired) electrons. The molecule has 0 N–H and O–H groups in total. The first-order chi connectivity index (χ1) is 15.2. The van der Waals surface area contributed by atoms with Crippen LogP contribution in [0.3, 0.4) is 0 Å². The minimum atomic E-state index is 0.417. The summed E-state index contributed by atoms with van der Waals surface area (Å²) >= 11 is 0. The molecule has 3 aliphatic rings. The van der Waals surface area contributed by atoms with Crippen molar-refractivity contribution in [2.45, 2.75) is 149 Å². The topological polar surface area (TPSA) is 17.1 Å². The van der Waals surface area contributed by atoms with E-state index in [0.717, 1.165) is 48.9 Å². The Labute approximate surface area is 194 Å². The molecule has 180 valence electrons. The van der Waals surface area contributed by atoms with Crippen LogP contribution in [0.1, 0.15) is 149 Å². The van der Waals surface area contributed by atoms with E-state index in [1.165, 1.54) is 116 Å². The highest BCUT2D eigenvalue weighted by Gasteiger charge is 2.28. The second kappa shape index (κ2) is 14.0. The maximum Gasteiger partial charge on any atom is 0.135 e. The molecule has 31 heavy (non-hydrogen) atoms. The van der Waals surface area contributed by atoms with Gasteiger partial charge in [0.1, 0.15) is 5.78 Å². The maximum atomic E-state index is 12.3. The van der Waals surface area contributed by atoms with Gasteiger partial charge in [0.05, 0.1) is 0 Å². The van der Waals surface area contributed by atoms with Crippen molar-refractivity contribution < 1.29 is 4.79 Å². The van der Waals surface area contributed by atoms with Gasteiger partial charge in [-0.25, -0.2) is 0 Å². The van der Waals surface area contributed by atoms with Crippen LogP contribution in [0.4, 0.5) is 0 Å². The van der Waals surface area contributed by atoms with Gasteiger partial charge in [0, 0.05) is 12.3 Å². The van der Waals surface area contributed by atoms with Crippen LogP contribution in [0, 0.1) is 35.5 Å². The molecule has 3 rings (SSSR count). The summed E-state index contributed by atoms with van der Waals surface area (Å²) < 4.78 is 0. The summed E-state index contributed by atoms with van der Waals surface area (Å²) in [5.41, 5.74) is 0. The average Bonchev–Trinajstić information content (AvgIpc) is 2.82. The number of hydrogen-bond acceptors (Lipinski definition) is 1. The van der Waals surface area contributed by atoms with Crippen LogP contribution < -0.4 is 0 Å². The molecule has 3 saturated carbocycles. The lowest BCUT2D eigenvalue weighted by molar-refractivity contribution is -0.124. The van der Waals surface area contributed by atoms with Crippen molar-refractivity contribution in [1.82, 2.24) is 0 Å². The van der Waals surface area contributed by atoms with Gasteiger partial charge in [0.25, 0.3) is 0 Å². The van der Waals surface area contributed by atoms with Crippen molar-refractivity contribution in [3.63, 3.8) is 0 Å². The molecule has 0 aromatic heterocycles. The van der Waals surface area contributed by atoms with Crippen LogP contribution in [-0.4, -0.2) is 5.78 Å². The van der Waals surface area contributed by atoms with E-state index < -0.39 is 0 Å². The van der Waals surface area contributed by atoms with Gasteiger partial charge in [-0.1, -0.05) is 110 Å². The number of Topliss-reactive ketones (excluding diaryl/α,β-unsaturated/α-hetero) is 1. The van der Waals surface area contributed by atoms with Gasteiger partial charge in [0.15, 0.2) is 0 Å². The molecule has 0 heterocycles. The summed E-state index contributed by atoms with van der Waals surface area (Å²) in [6.45, 7) is 4.54. The summed E-state index contributed by atoms with van der Waals surface area (Å²) in [6, 6.07) is 0. The molecule has 1 heteroatoms. The van der Waals surface area contributed by atoms with Gasteiger partial charge in [-0.3, -0.25) is 4.79 Å². The molecule has 3 fully saturated rings. The monoisotopic (exact) mass is 430 g/mol. The second-order valence-electron chi connectivity index (χ2n) is 12.0. The van der Waals surface area contributed by atoms with Crippen LogP contribution in [0.2, 0.25) is 0 Å². The zero-order valence-electron chi connectivity index (χ0n) is 21.2. The van der Waals surface area contributed by atoms with Crippen molar-refractivity contribution in [1.29, 1.82) is 0 Å². The molecule has 0 bridgehead atoms. The number of carbonyl (C=O) groups excluding carboxylic acids is 1. The van der Waals surface area contributed by atoms with Crippen LogP contribution in [-0.2, 0) is 4.79 Å². The first-order valence-electron chi connectivity index (χ1n) is 14.7. The molecule has 0 saturated heterocycles. The Morgan fingerprint density at radius 3 is 1.23 bits per heavy atom. The molecule has 0 unspecified atom stereocenters. The fourth-order valence-corrected chi connectivity index (χ4v) is 7.30. The van der Waals surface area contributed by atoms with Crippen molar-refractivity contribution >= 4 is 5.78 Å². The van der Waals surface area contributed by atoms with Crippen LogP contribution in [0.25, 0.3) is 0 Å². The van der Waals surface area contributed by atoms with E-state index >= 15 is 0 Å². The first kappa shape index (κ1) is 25.3. The van der Waals surface area contributed by atoms with E-state index in [1.54, 1.807) is 0 Å². The normalized spacial score (nSPS) is 34.5. The quantitative estimate of drug-likeness (QED) is 0.301. The number of rotatable bonds is 12. The summed E-state index contributed by atoms with van der Waals surface area (Å²) in [7, 11) is 0. The van der Waals surface area contributed by atoms with E-state index in [4.69, 9.17) is 0 Å². The van der Waals surface area contributed by atoms with E-state index in [1.807, 2.05) is 0 Å². The zero-order chi connectivity index (χ0) is 21.9. The molecule has 0 aromatic carbocycles. The van der Waals surface area contributed by atoms with E-state index in [9.17, 15) is 4.79 Å². The van der Waals surface area contributed by atoms with Gasteiger partial charge >= 0.3 is 0 Å². The van der Waals surface area contributed by atoms with E-state index in [-0.39, 0.29) is 0 Å². The molecule has 0 atom stereocenters. The Balaban J connectivity index is 1.22. The summed E-state index contributed by atoms with van der Waals surface area (Å²) in [5.74, 6) is 6.12. The Kier molecular flexibility index (Phi) is 11.5. The van der Waals surface area contributed by atoms with Crippen LogP contribution >= 0.6 is 0 Å². The molecule has 0 aromatic rings. The Morgan fingerprint density at radius 2 is 0.871 bits per heavy atom. The predicted octanol–water partition coefficient (Wildman–Crippen LogP) is 9.53. The lowest BCUT2D eigenvalue weighted by Crippen LogP contribution is -2.22. The number of unbranched alkanes of at least 4 members (excludes halogenated alkanes) is 1. The van der Waals surface area contributed by atoms with Gasteiger partial charge in [-0.15, -0.1) is 0 Å². The highest BCUT2D eigenvalue weighted by atomic mass is 16.1. The van der Waals surface area contributed by atoms with Crippen molar-refractivity contribution in [3.05, 3.63) is 0 Å². The van der Waals surface area contributed by atoms with E-state index in [0.29, 0.717) is 11.7 Å². The third-order valence-corrected chi connectivity index (χ3v) is 9.67. The molecular formula is C30H54O. The molecular weight excluding hydrogens is 376 g/mol. The smallest absolute Gasteiger partial charge is 0.135 e. The fourth-order valence-electron chi connectivity index (χ4n) is 7.30. The largest absolute Gasteiger partial charge is 0.299 e. The lowest BCUT2D eigenvalue weighted by atomic mass is 9.73. The van der Waals surface area contributed by atoms with Crippen molar-refractivity contribution in [3.8, 4) is 0 Å². The van der Waals surface area contributed by atoms with Crippen molar-refractivity contribution in [2.75, 3.05) is 0 Å². The molecule has 0 spiro atoms. The summed E-state index contributed by atoms with van der Waals surface area (Å²) in [6.07, 6.45) is 29.2. The maximum absolute atomic E-state index is 12.3. The Bertz CT molecular complexity index is 473. The average molecular weight is 431 g/mol. The van der Waals surface area contributed by atoms with Gasteiger partial charge < -0.3 is 0 Å². The zero-order valence-corrected chi connectivity index (χ0v) is 21.2. The van der Waals surface area contributed by atoms with Crippen molar-refractivity contribution in [2.24, 2.45) is 35.5 Å². The number of ketones is 1. The highest BCUT2D eigenvalue weighted by molar-refractivity contribution is 5.80. The third kappa shape index (κ3) is 8.85. The Hall–Kier alpha value is -0.330. The predicted molar refractivity (Wildman–Crippen MR) is 134 cm³/mol. The summed E-state index contributed by atoms with van der Waals surface area (Å²) in [4.78, 5) is 12.3. The molecule has 1 nitrogen and oxygen atoms in total. The third-order valence-electron chi connectivity index (χ3n) is 9.67. The number of hydrogen-bond donors (Lipinski definition) is 0.